The molecule has 1 fully saturated rings. The standard InChI is InChI=1S/C28H32O8/c1-23(2,3)27(33)21-19(29)15-11-7-9-13-17(15)25(21,31)36-28(34,24(4,5)6)22-20(30)16-12-8-10-14-18(16)26(22,32)35-27/h7-14,29-34H,1-6H3. The maximum absolute atomic E-state index is 12.3. The van der Waals surface area contributed by atoms with E-state index in [1.165, 1.54) is 24.3 Å². The first kappa shape index (κ1) is 25.0. The molecule has 0 radical (unpaired) electrons. The summed E-state index contributed by atoms with van der Waals surface area (Å²) in [4.78, 5) is 0. The van der Waals surface area contributed by atoms with Gasteiger partial charge in [0, 0.05) is 33.1 Å². The lowest BCUT2D eigenvalue weighted by atomic mass is 9.73. The minimum Gasteiger partial charge on any atom is -0.507 e. The van der Waals surface area contributed by atoms with Crippen molar-refractivity contribution < 1.29 is 40.1 Å². The molecule has 8 heteroatoms. The first-order valence-corrected chi connectivity index (χ1v) is 11.8. The van der Waals surface area contributed by atoms with Gasteiger partial charge in [0.1, 0.15) is 11.5 Å². The lowest BCUT2D eigenvalue weighted by Crippen LogP contribution is -2.65. The third-order valence-electron chi connectivity index (χ3n) is 7.55. The topological polar surface area (TPSA) is 140 Å². The largest absolute Gasteiger partial charge is 0.507 e. The fourth-order valence-electron chi connectivity index (χ4n) is 5.41. The second-order valence-corrected chi connectivity index (χ2v) is 11.8. The Kier molecular flexibility index (Phi) is 4.84. The summed E-state index contributed by atoms with van der Waals surface area (Å²) in [6.45, 7) is 9.59. The Balaban J connectivity index is 1.95. The molecular weight excluding hydrogens is 464 g/mol. The highest BCUT2D eigenvalue weighted by Gasteiger charge is 2.71. The number of aliphatic hydroxyl groups excluding tert-OH is 2. The van der Waals surface area contributed by atoms with Crippen LogP contribution in [0.25, 0.3) is 11.5 Å². The van der Waals surface area contributed by atoms with Crippen LogP contribution < -0.4 is 0 Å². The van der Waals surface area contributed by atoms with Gasteiger partial charge in [-0.05, 0) is 0 Å². The second kappa shape index (κ2) is 6.98. The van der Waals surface area contributed by atoms with Gasteiger partial charge in [0.2, 0.25) is 23.1 Å². The minimum absolute atomic E-state index is 0.0625. The Morgan fingerprint density at radius 3 is 1.17 bits per heavy atom. The Morgan fingerprint density at radius 1 is 0.556 bits per heavy atom. The number of hydrogen-bond acceptors (Lipinski definition) is 8. The monoisotopic (exact) mass is 496 g/mol. The third kappa shape index (κ3) is 2.80. The van der Waals surface area contributed by atoms with E-state index in [-0.39, 0.29) is 22.3 Å². The van der Waals surface area contributed by atoms with Crippen LogP contribution >= 0.6 is 0 Å². The van der Waals surface area contributed by atoms with E-state index in [4.69, 9.17) is 9.47 Å². The third-order valence-corrected chi connectivity index (χ3v) is 7.55. The molecule has 0 amide bonds. The molecule has 2 aromatic rings. The Labute approximate surface area is 209 Å². The summed E-state index contributed by atoms with van der Waals surface area (Å²) in [7, 11) is 0. The Morgan fingerprint density at radius 2 is 0.861 bits per heavy atom. The highest BCUT2D eigenvalue weighted by Crippen LogP contribution is 2.64. The molecule has 0 saturated carbocycles. The number of fused-ring (bicyclic) bond motifs is 6. The zero-order valence-electron chi connectivity index (χ0n) is 21.1. The van der Waals surface area contributed by atoms with E-state index < -0.39 is 56.6 Å². The zero-order chi connectivity index (χ0) is 26.7. The molecule has 1 saturated heterocycles. The number of aliphatic hydroxyl groups is 6. The maximum atomic E-state index is 12.3. The molecular formula is C28H32O8. The average Bonchev–Trinajstić information content (AvgIpc) is 3.11. The zero-order valence-corrected chi connectivity index (χ0v) is 21.1. The first-order chi connectivity index (χ1) is 16.4. The van der Waals surface area contributed by atoms with Crippen LogP contribution in [-0.2, 0) is 21.0 Å². The predicted molar refractivity (Wildman–Crippen MR) is 131 cm³/mol. The molecule has 0 spiro atoms. The van der Waals surface area contributed by atoms with E-state index in [0.717, 1.165) is 0 Å². The molecule has 1 heterocycles. The average molecular weight is 497 g/mol. The van der Waals surface area contributed by atoms with Crippen molar-refractivity contribution in [3.8, 4) is 0 Å². The number of benzene rings is 2. The van der Waals surface area contributed by atoms with E-state index in [1.54, 1.807) is 65.8 Å². The van der Waals surface area contributed by atoms with Gasteiger partial charge >= 0.3 is 0 Å². The van der Waals surface area contributed by atoms with Crippen LogP contribution in [0.2, 0.25) is 0 Å². The molecule has 2 aromatic carbocycles. The van der Waals surface area contributed by atoms with Crippen molar-refractivity contribution in [1.29, 1.82) is 0 Å². The Bertz CT molecular complexity index is 1240. The molecule has 3 aliphatic rings. The second-order valence-electron chi connectivity index (χ2n) is 11.8. The van der Waals surface area contributed by atoms with Gasteiger partial charge in [-0.25, -0.2) is 0 Å². The van der Waals surface area contributed by atoms with Gasteiger partial charge in [-0.2, -0.15) is 0 Å². The highest BCUT2D eigenvalue weighted by atomic mass is 16.7. The lowest BCUT2D eigenvalue weighted by molar-refractivity contribution is -0.417. The van der Waals surface area contributed by atoms with Crippen LogP contribution in [0.1, 0.15) is 63.8 Å². The summed E-state index contributed by atoms with van der Waals surface area (Å²) in [5.74, 6) is -11.4. The SMILES string of the molecule is CC(C)(C)C1(O)OC2(O)C(=C(O)c3ccccc32)C(O)(C(C)(C)C)OC2(O)C1=C(O)c1ccccc12. The summed E-state index contributed by atoms with van der Waals surface area (Å²) in [5, 5.41) is 71.7. The Hall–Kier alpha value is -2.72. The maximum Gasteiger partial charge on any atom is 0.228 e. The van der Waals surface area contributed by atoms with Gasteiger partial charge in [-0.3, -0.25) is 0 Å². The molecule has 6 N–H and O–H groups in total. The molecule has 4 unspecified atom stereocenters. The van der Waals surface area contributed by atoms with E-state index >= 15 is 0 Å². The van der Waals surface area contributed by atoms with Crippen molar-refractivity contribution in [3.63, 3.8) is 0 Å². The number of hydrogen-bond donors (Lipinski definition) is 6. The fraction of sp³-hybridized carbons (Fsp3) is 0.429. The van der Waals surface area contributed by atoms with E-state index in [1.807, 2.05) is 0 Å². The summed E-state index contributed by atoms with van der Waals surface area (Å²) in [5.41, 5.74) is -3.07. The first-order valence-electron chi connectivity index (χ1n) is 11.8. The quantitative estimate of drug-likeness (QED) is 0.324. The van der Waals surface area contributed by atoms with Gasteiger partial charge < -0.3 is 40.1 Å². The molecule has 0 bridgehead atoms. The number of rotatable bonds is 0. The van der Waals surface area contributed by atoms with Crippen LogP contribution in [0.15, 0.2) is 59.7 Å². The summed E-state index contributed by atoms with van der Waals surface area (Å²) in [6, 6.07) is 12.6. The molecule has 5 rings (SSSR count). The van der Waals surface area contributed by atoms with Crippen LogP contribution in [0.5, 0.6) is 0 Å². The summed E-state index contributed by atoms with van der Waals surface area (Å²) in [6.07, 6.45) is 0. The van der Waals surface area contributed by atoms with Gasteiger partial charge in [-0.15, -0.1) is 0 Å². The summed E-state index contributed by atoms with van der Waals surface area (Å²) < 4.78 is 12.4. The smallest absolute Gasteiger partial charge is 0.228 e. The minimum atomic E-state index is -2.60. The number of ether oxygens (including phenoxy) is 2. The normalized spacial score (nSPS) is 34.1. The molecule has 2 aliphatic carbocycles. The van der Waals surface area contributed by atoms with Crippen molar-refractivity contribution >= 4 is 11.5 Å². The summed E-state index contributed by atoms with van der Waals surface area (Å²) >= 11 is 0. The van der Waals surface area contributed by atoms with Crippen LogP contribution in [-0.4, -0.2) is 42.2 Å². The molecule has 0 aromatic heterocycles. The molecule has 1 aliphatic heterocycles. The van der Waals surface area contributed by atoms with Crippen molar-refractivity contribution in [2.75, 3.05) is 0 Å². The molecule has 8 nitrogen and oxygen atoms in total. The molecule has 36 heavy (non-hydrogen) atoms. The highest BCUT2D eigenvalue weighted by molar-refractivity contribution is 5.78. The van der Waals surface area contributed by atoms with Crippen molar-refractivity contribution in [1.82, 2.24) is 0 Å². The van der Waals surface area contributed by atoms with Gasteiger partial charge in [-0.1, -0.05) is 90.1 Å². The lowest BCUT2D eigenvalue weighted by Gasteiger charge is -2.55. The molecule has 4 atom stereocenters. The van der Waals surface area contributed by atoms with E-state index in [0.29, 0.717) is 0 Å². The van der Waals surface area contributed by atoms with Gasteiger partial charge in [0.05, 0.1) is 11.1 Å². The predicted octanol–water partition coefficient (Wildman–Crippen LogP) is 3.76. The van der Waals surface area contributed by atoms with Gasteiger partial charge in [0.15, 0.2) is 0 Å². The van der Waals surface area contributed by atoms with Crippen LogP contribution in [0.4, 0.5) is 0 Å². The fourth-order valence-corrected chi connectivity index (χ4v) is 5.41. The van der Waals surface area contributed by atoms with E-state index in [2.05, 4.69) is 0 Å². The van der Waals surface area contributed by atoms with E-state index in [9.17, 15) is 30.6 Å². The van der Waals surface area contributed by atoms with Crippen molar-refractivity contribution in [2.24, 2.45) is 10.8 Å². The van der Waals surface area contributed by atoms with Crippen LogP contribution in [0.3, 0.4) is 0 Å². The van der Waals surface area contributed by atoms with Crippen molar-refractivity contribution in [2.45, 2.75) is 64.7 Å². The van der Waals surface area contributed by atoms with Crippen molar-refractivity contribution in [3.05, 3.63) is 81.9 Å². The molecule has 192 valence electrons. The van der Waals surface area contributed by atoms with Crippen LogP contribution in [0, 0.1) is 10.8 Å². The van der Waals surface area contributed by atoms with Gasteiger partial charge in [0.25, 0.3) is 0 Å².